The minimum Gasteiger partial charge on any atom is -0.379 e. The standard InChI is InChI=1S/C15H23IO2/c1-12-5-7-13(8-6-12)14(11-16)18-10-9-15(2,3)17-4/h5-8,14H,9-11H2,1-4H3. The van der Waals surface area contributed by atoms with Crippen molar-refractivity contribution in [1.29, 1.82) is 0 Å². The number of benzene rings is 1. The first-order valence-corrected chi connectivity index (χ1v) is 7.80. The molecule has 1 aromatic carbocycles. The summed E-state index contributed by atoms with van der Waals surface area (Å²) in [5, 5.41) is 0. The summed E-state index contributed by atoms with van der Waals surface area (Å²) in [6, 6.07) is 8.58. The van der Waals surface area contributed by atoms with Crippen LogP contribution in [0.25, 0.3) is 0 Å². The van der Waals surface area contributed by atoms with E-state index in [4.69, 9.17) is 9.47 Å². The first-order chi connectivity index (χ1) is 8.48. The molecule has 1 atom stereocenters. The molecule has 0 N–H and O–H groups in total. The number of ether oxygens (including phenoxy) is 2. The Morgan fingerprint density at radius 2 is 1.83 bits per heavy atom. The average Bonchev–Trinajstić information content (AvgIpc) is 2.36. The summed E-state index contributed by atoms with van der Waals surface area (Å²) in [4.78, 5) is 0. The van der Waals surface area contributed by atoms with E-state index in [1.165, 1.54) is 11.1 Å². The van der Waals surface area contributed by atoms with Crippen LogP contribution in [0.4, 0.5) is 0 Å². The quantitative estimate of drug-likeness (QED) is 0.532. The second-order valence-electron chi connectivity index (χ2n) is 5.14. The first-order valence-electron chi connectivity index (χ1n) is 6.28. The molecule has 0 aliphatic carbocycles. The fourth-order valence-corrected chi connectivity index (χ4v) is 2.32. The van der Waals surface area contributed by atoms with Gasteiger partial charge in [-0.2, -0.15) is 0 Å². The number of alkyl halides is 1. The number of halogens is 1. The van der Waals surface area contributed by atoms with Crippen molar-refractivity contribution in [1.82, 2.24) is 0 Å². The van der Waals surface area contributed by atoms with E-state index in [-0.39, 0.29) is 11.7 Å². The van der Waals surface area contributed by atoms with Crippen molar-refractivity contribution in [2.24, 2.45) is 0 Å². The lowest BCUT2D eigenvalue weighted by Gasteiger charge is -2.24. The van der Waals surface area contributed by atoms with Crippen LogP contribution in [-0.2, 0) is 9.47 Å². The minimum absolute atomic E-state index is 0.108. The summed E-state index contributed by atoms with van der Waals surface area (Å²) in [6.45, 7) is 7.00. The van der Waals surface area contributed by atoms with E-state index in [9.17, 15) is 0 Å². The molecule has 0 amide bonds. The maximum atomic E-state index is 5.97. The van der Waals surface area contributed by atoms with Gasteiger partial charge in [0, 0.05) is 11.5 Å². The van der Waals surface area contributed by atoms with Gasteiger partial charge in [0.25, 0.3) is 0 Å². The van der Waals surface area contributed by atoms with E-state index in [1.807, 2.05) is 0 Å². The number of hydrogen-bond acceptors (Lipinski definition) is 2. The summed E-state index contributed by atoms with van der Waals surface area (Å²) in [5.74, 6) is 0. The fourth-order valence-electron chi connectivity index (χ4n) is 1.56. The lowest BCUT2D eigenvalue weighted by molar-refractivity contribution is -0.0225. The van der Waals surface area contributed by atoms with Crippen LogP contribution in [0.5, 0.6) is 0 Å². The lowest BCUT2D eigenvalue weighted by Crippen LogP contribution is -2.25. The Hall–Kier alpha value is -0.130. The fraction of sp³-hybridized carbons (Fsp3) is 0.600. The highest BCUT2D eigenvalue weighted by molar-refractivity contribution is 14.1. The third-order valence-corrected chi connectivity index (χ3v) is 3.97. The summed E-state index contributed by atoms with van der Waals surface area (Å²) >= 11 is 2.38. The normalized spacial score (nSPS) is 13.6. The van der Waals surface area contributed by atoms with E-state index in [2.05, 4.69) is 67.6 Å². The molecule has 0 aromatic heterocycles. The van der Waals surface area contributed by atoms with Crippen molar-refractivity contribution in [3.05, 3.63) is 35.4 Å². The topological polar surface area (TPSA) is 18.5 Å². The predicted octanol–water partition coefficient (Wildman–Crippen LogP) is 4.30. The molecule has 0 heterocycles. The smallest absolute Gasteiger partial charge is 0.0914 e. The van der Waals surface area contributed by atoms with Crippen LogP contribution in [0.15, 0.2) is 24.3 Å². The minimum atomic E-state index is -0.108. The molecule has 0 fully saturated rings. The highest BCUT2D eigenvalue weighted by Gasteiger charge is 2.17. The van der Waals surface area contributed by atoms with Gasteiger partial charge in [-0.25, -0.2) is 0 Å². The third kappa shape index (κ3) is 5.24. The molecule has 1 rings (SSSR count). The number of aryl methyl sites for hydroxylation is 1. The summed E-state index contributed by atoms with van der Waals surface area (Å²) < 4.78 is 12.3. The highest BCUT2D eigenvalue weighted by atomic mass is 127. The van der Waals surface area contributed by atoms with Gasteiger partial charge in [-0.3, -0.25) is 0 Å². The van der Waals surface area contributed by atoms with Crippen molar-refractivity contribution in [2.45, 2.75) is 38.9 Å². The van der Waals surface area contributed by atoms with E-state index >= 15 is 0 Å². The van der Waals surface area contributed by atoms with Crippen molar-refractivity contribution in [3.8, 4) is 0 Å². The Morgan fingerprint density at radius 1 is 1.22 bits per heavy atom. The predicted molar refractivity (Wildman–Crippen MR) is 84.5 cm³/mol. The molecule has 0 saturated heterocycles. The Labute approximate surface area is 124 Å². The van der Waals surface area contributed by atoms with Crippen molar-refractivity contribution < 1.29 is 9.47 Å². The van der Waals surface area contributed by atoms with Gasteiger partial charge in [0.1, 0.15) is 0 Å². The summed E-state index contributed by atoms with van der Waals surface area (Å²) in [6.07, 6.45) is 1.08. The molecule has 0 aliphatic heterocycles. The van der Waals surface area contributed by atoms with Gasteiger partial charge >= 0.3 is 0 Å². The Bertz CT molecular complexity index is 346. The third-order valence-electron chi connectivity index (χ3n) is 3.17. The second kappa shape index (κ2) is 7.46. The molecular weight excluding hydrogens is 339 g/mol. The van der Waals surface area contributed by atoms with Gasteiger partial charge in [-0.05, 0) is 32.8 Å². The maximum absolute atomic E-state index is 5.97. The van der Waals surface area contributed by atoms with E-state index in [1.54, 1.807) is 7.11 Å². The summed E-state index contributed by atoms with van der Waals surface area (Å²) in [7, 11) is 1.75. The Kier molecular flexibility index (Phi) is 6.60. The van der Waals surface area contributed by atoms with Crippen molar-refractivity contribution >= 4 is 22.6 Å². The Morgan fingerprint density at radius 3 is 2.33 bits per heavy atom. The zero-order valence-corrected chi connectivity index (χ0v) is 13.9. The van der Waals surface area contributed by atoms with E-state index in [0.29, 0.717) is 0 Å². The molecule has 0 bridgehead atoms. The number of methoxy groups -OCH3 is 1. The molecule has 2 nitrogen and oxygen atoms in total. The van der Waals surface area contributed by atoms with Crippen LogP contribution in [0.3, 0.4) is 0 Å². The zero-order valence-electron chi connectivity index (χ0n) is 11.7. The highest BCUT2D eigenvalue weighted by Crippen LogP contribution is 2.22. The molecule has 1 aromatic rings. The number of hydrogen-bond donors (Lipinski definition) is 0. The first kappa shape index (κ1) is 15.9. The second-order valence-corrected chi connectivity index (χ2v) is 6.02. The van der Waals surface area contributed by atoms with Crippen LogP contribution in [-0.4, -0.2) is 23.7 Å². The molecule has 0 spiro atoms. The molecule has 0 saturated carbocycles. The van der Waals surface area contributed by atoms with E-state index < -0.39 is 0 Å². The molecule has 102 valence electrons. The van der Waals surface area contributed by atoms with Gasteiger partial charge in [0.05, 0.1) is 18.3 Å². The Balaban J connectivity index is 2.50. The largest absolute Gasteiger partial charge is 0.379 e. The van der Waals surface area contributed by atoms with Gasteiger partial charge < -0.3 is 9.47 Å². The van der Waals surface area contributed by atoms with Gasteiger partial charge in [0.2, 0.25) is 0 Å². The van der Waals surface area contributed by atoms with Gasteiger partial charge in [0.15, 0.2) is 0 Å². The van der Waals surface area contributed by atoms with Crippen LogP contribution >= 0.6 is 22.6 Å². The van der Waals surface area contributed by atoms with Crippen molar-refractivity contribution in [2.75, 3.05) is 18.1 Å². The molecule has 0 aliphatic rings. The van der Waals surface area contributed by atoms with Crippen LogP contribution < -0.4 is 0 Å². The molecular formula is C15H23IO2. The van der Waals surface area contributed by atoms with Crippen LogP contribution in [0.2, 0.25) is 0 Å². The van der Waals surface area contributed by atoms with E-state index in [0.717, 1.165) is 17.5 Å². The van der Waals surface area contributed by atoms with Crippen LogP contribution in [0, 0.1) is 6.92 Å². The molecule has 3 heteroatoms. The number of rotatable bonds is 7. The maximum Gasteiger partial charge on any atom is 0.0914 e. The molecule has 1 unspecified atom stereocenters. The molecule has 18 heavy (non-hydrogen) atoms. The van der Waals surface area contributed by atoms with Gasteiger partial charge in [-0.15, -0.1) is 0 Å². The van der Waals surface area contributed by atoms with Crippen LogP contribution in [0.1, 0.15) is 37.5 Å². The monoisotopic (exact) mass is 362 g/mol. The van der Waals surface area contributed by atoms with Crippen molar-refractivity contribution in [3.63, 3.8) is 0 Å². The lowest BCUT2D eigenvalue weighted by atomic mass is 10.1. The SMILES string of the molecule is COC(C)(C)CCOC(CI)c1ccc(C)cc1. The average molecular weight is 362 g/mol. The molecule has 0 radical (unpaired) electrons. The zero-order chi connectivity index (χ0) is 13.6. The van der Waals surface area contributed by atoms with Gasteiger partial charge in [-0.1, -0.05) is 52.4 Å². The summed E-state index contributed by atoms with van der Waals surface area (Å²) in [5.41, 5.74) is 2.43.